The molecule has 0 bridgehead atoms. The summed E-state index contributed by atoms with van der Waals surface area (Å²) in [5, 5.41) is 1.02. The van der Waals surface area contributed by atoms with Crippen LogP contribution in [0.5, 0.6) is 5.75 Å². The molecule has 1 aliphatic rings. The van der Waals surface area contributed by atoms with Crippen molar-refractivity contribution in [2.75, 3.05) is 24.5 Å². The molecule has 0 unspecified atom stereocenters. The van der Waals surface area contributed by atoms with E-state index in [1.165, 1.54) is 13.2 Å². The molecule has 1 amide bonds. The minimum absolute atomic E-state index is 0.0610. The summed E-state index contributed by atoms with van der Waals surface area (Å²) in [6.07, 6.45) is 0. The molecule has 5 nitrogen and oxygen atoms in total. The van der Waals surface area contributed by atoms with Gasteiger partial charge in [-0.3, -0.25) is 9.63 Å². The fourth-order valence-electron chi connectivity index (χ4n) is 1.37. The molecule has 1 aliphatic heterocycles. The predicted octanol–water partition coefficient (Wildman–Crippen LogP) is 0.695. The number of fused-ring (bicyclic) bond motifs is 1. The van der Waals surface area contributed by atoms with Gasteiger partial charge < -0.3 is 10.5 Å². The molecule has 0 saturated heterocycles. The van der Waals surface area contributed by atoms with E-state index in [1.54, 1.807) is 0 Å². The van der Waals surface area contributed by atoms with Crippen LogP contribution >= 0.6 is 0 Å². The van der Waals surface area contributed by atoms with Gasteiger partial charge in [-0.15, -0.1) is 0 Å². The van der Waals surface area contributed by atoms with Crippen molar-refractivity contribution in [1.82, 2.24) is 0 Å². The quantitative estimate of drug-likeness (QED) is 0.696. The van der Waals surface area contributed by atoms with E-state index >= 15 is 0 Å². The number of carbonyl (C=O) groups excluding carboxylic acids is 1. The number of ether oxygens (including phenoxy) is 1. The Morgan fingerprint density at radius 1 is 1.60 bits per heavy atom. The first kappa shape index (κ1) is 9.72. The molecule has 0 aliphatic carbocycles. The smallest absolute Gasteiger partial charge is 0.288 e. The number of anilines is 2. The molecule has 0 saturated carbocycles. The largest absolute Gasteiger partial charge is 0.481 e. The molecule has 2 rings (SSSR count). The summed E-state index contributed by atoms with van der Waals surface area (Å²) < 4.78 is 18.1. The third kappa shape index (κ3) is 1.48. The molecular weight excluding hydrogens is 203 g/mol. The molecule has 1 heterocycles. The highest BCUT2D eigenvalue weighted by Gasteiger charge is 2.27. The lowest BCUT2D eigenvalue weighted by Crippen LogP contribution is -2.38. The molecule has 1 aromatic rings. The highest BCUT2D eigenvalue weighted by atomic mass is 19.1. The Morgan fingerprint density at radius 2 is 2.33 bits per heavy atom. The number of hydrogen-bond acceptors (Lipinski definition) is 4. The van der Waals surface area contributed by atoms with E-state index in [9.17, 15) is 9.18 Å². The lowest BCUT2D eigenvalue weighted by Gasteiger charge is -2.27. The summed E-state index contributed by atoms with van der Waals surface area (Å²) in [7, 11) is 1.34. The van der Waals surface area contributed by atoms with Crippen LogP contribution in [0.25, 0.3) is 0 Å². The van der Waals surface area contributed by atoms with Crippen molar-refractivity contribution in [2.24, 2.45) is 0 Å². The van der Waals surface area contributed by atoms with Crippen molar-refractivity contribution in [1.29, 1.82) is 0 Å². The van der Waals surface area contributed by atoms with Gasteiger partial charge in [-0.05, 0) is 6.07 Å². The second kappa shape index (κ2) is 3.39. The van der Waals surface area contributed by atoms with Crippen molar-refractivity contribution in [3.63, 3.8) is 0 Å². The highest BCUT2D eigenvalue weighted by molar-refractivity contribution is 5.96. The van der Waals surface area contributed by atoms with Gasteiger partial charge in [0.1, 0.15) is 17.3 Å². The maximum absolute atomic E-state index is 13.1. The Morgan fingerprint density at radius 3 is 3.00 bits per heavy atom. The van der Waals surface area contributed by atoms with Crippen LogP contribution < -0.4 is 15.5 Å². The van der Waals surface area contributed by atoms with E-state index in [0.717, 1.165) is 11.1 Å². The summed E-state index contributed by atoms with van der Waals surface area (Å²) in [5.41, 5.74) is 5.63. The van der Waals surface area contributed by atoms with Crippen molar-refractivity contribution >= 4 is 17.3 Å². The molecule has 1 aromatic carbocycles. The SMILES string of the molecule is CON1C(=O)COc2cc(F)c(N)cc21. The zero-order chi connectivity index (χ0) is 11.0. The lowest BCUT2D eigenvalue weighted by atomic mass is 10.2. The minimum atomic E-state index is -0.584. The van der Waals surface area contributed by atoms with Gasteiger partial charge in [0, 0.05) is 6.07 Å². The summed E-state index contributed by atoms with van der Waals surface area (Å²) in [6.45, 7) is -0.176. The van der Waals surface area contributed by atoms with Crippen LogP contribution in [-0.2, 0) is 9.63 Å². The Kier molecular flexibility index (Phi) is 2.20. The highest BCUT2D eigenvalue weighted by Crippen LogP contribution is 2.35. The normalized spacial score (nSPS) is 14.8. The molecule has 2 N–H and O–H groups in total. The van der Waals surface area contributed by atoms with Gasteiger partial charge >= 0.3 is 0 Å². The maximum atomic E-state index is 13.1. The summed E-state index contributed by atoms with van der Waals surface area (Å²) in [5.74, 6) is -0.710. The van der Waals surface area contributed by atoms with Crippen LogP contribution in [0.15, 0.2) is 12.1 Å². The topological polar surface area (TPSA) is 64.8 Å². The number of amides is 1. The zero-order valence-corrected chi connectivity index (χ0v) is 7.99. The van der Waals surface area contributed by atoms with Crippen LogP contribution in [0.4, 0.5) is 15.8 Å². The number of nitrogen functional groups attached to an aromatic ring is 1. The van der Waals surface area contributed by atoms with E-state index < -0.39 is 5.82 Å². The third-order valence-electron chi connectivity index (χ3n) is 2.06. The summed E-state index contributed by atoms with van der Waals surface area (Å²) >= 11 is 0. The van der Waals surface area contributed by atoms with Crippen LogP contribution in [0.1, 0.15) is 0 Å². The monoisotopic (exact) mass is 212 g/mol. The first-order chi connectivity index (χ1) is 7.13. The molecule has 0 spiro atoms. The van der Waals surface area contributed by atoms with Crippen LogP contribution in [-0.4, -0.2) is 19.6 Å². The van der Waals surface area contributed by atoms with Crippen molar-refractivity contribution in [2.45, 2.75) is 0 Å². The van der Waals surface area contributed by atoms with Gasteiger partial charge in [0.15, 0.2) is 6.61 Å². The number of halogens is 1. The number of hydrogen-bond donors (Lipinski definition) is 1. The van der Waals surface area contributed by atoms with E-state index in [0.29, 0.717) is 5.69 Å². The van der Waals surface area contributed by atoms with Gasteiger partial charge in [0.2, 0.25) is 0 Å². The van der Waals surface area contributed by atoms with Gasteiger partial charge in [-0.2, -0.15) is 5.06 Å². The second-order valence-electron chi connectivity index (χ2n) is 3.00. The number of rotatable bonds is 1. The number of hydroxylamine groups is 1. The Labute approximate surface area is 85.1 Å². The molecule has 0 atom stereocenters. The minimum Gasteiger partial charge on any atom is -0.481 e. The summed E-state index contributed by atoms with van der Waals surface area (Å²) in [6, 6.07) is 2.42. The Balaban J connectivity index is 2.53. The van der Waals surface area contributed by atoms with E-state index in [4.69, 9.17) is 15.3 Å². The molecule has 0 aromatic heterocycles. The second-order valence-corrected chi connectivity index (χ2v) is 3.00. The average molecular weight is 212 g/mol. The van der Waals surface area contributed by atoms with Crippen molar-refractivity contribution in [3.8, 4) is 5.75 Å². The first-order valence-corrected chi connectivity index (χ1v) is 4.22. The molecular formula is C9H9FN2O3. The zero-order valence-electron chi connectivity index (χ0n) is 7.99. The fraction of sp³-hybridized carbons (Fsp3) is 0.222. The van der Waals surface area contributed by atoms with Gasteiger partial charge in [-0.1, -0.05) is 0 Å². The van der Waals surface area contributed by atoms with Gasteiger partial charge in [0.05, 0.1) is 12.8 Å². The molecule has 0 fully saturated rings. The average Bonchev–Trinajstić information content (AvgIpc) is 2.21. The number of nitrogens with zero attached hydrogens (tertiary/aromatic N) is 1. The Bertz CT molecular complexity index is 422. The molecule has 80 valence electrons. The standard InChI is InChI=1S/C9H9FN2O3/c1-14-12-7-3-6(11)5(10)2-8(7)15-4-9(12)13/h2-3H,4,11H2,1H3. The van der Waals surface area contributed by atoms with Crippen molar-refractivity contribution < 1.29 is 18.8 Å². The van der Waals surface area contributed by atoms with Gasteiger partial charge in [-0.25, -0.2) is 4.39 Å². The Hall–Kier alpha value is -1.82. The maximum Gasteiger partial charge on any atom is 0.288 e. The molecule has 6 heteroatoms. The fourth-order valence-corrected chi connectivity index (χ4v) is 1.37. The third-order valence-corrected chi connectivity index (χ3v) is 2.06. The first-order valence-electron chi connectivity index (χ1n) is 4.22. The van der Waals surface area contributed by atoms with E-state index in [-0.39, 0.29) is 24.0 Å². The lowest BCUT2D eigenvalue weighted by molar-refractivity contribution is -0.128. The van der Waals surface area contributed by atoms with Crippen LogP contribution in [0.2, 0.25) is 0 Å². The van der Waals surface area contributed by atoms with Crippen molar-refractivity contribution in [3.05, 3.63) is 17.9 Å². The van der Waals surface area contributed by atoms with E-state index in [1.807, 2.05) is 0 Å². The molecule has 15 heavy (non-hydrogen) atoms. The molecule has 0 radical (unpaired) electrons. The number of benzene rings is 1. The number of nitrogens with two attached hydrogens (primary N) is 1. The number of carbonyl (C=O) groups is 1. The van der Waals surface area contributed by atoms with Crippen LogP contribution in [0, 0.1) is 5.82 Å². The summed E-state index contributed by atoms with van der Waals surface area (Å²) in [4.78, 5) is 16.2. The van der Waals surface area contributed by atoms with Gasteiger partial charge in [0.25, 0.3) is 5.91 Å². The predicted molar refractivity (Wildman–Crippen MR) is 50.8 cm³/mol. The van der Waals surface area contributed by atoms with Crippen LogP contribution in [0.3, 0.4) is 0 Å². The van der Waals surface area contributed by atoms with E-state index in [2.05, 4.69) is 0 Å².